The molecule has 1 aromatic rings. The minimum atomic E-state index is 0. The van der Waals surface area contributed by atoms with Crippen LogP contribution in [0.1, 0.15) is 25.8 Å². The molecule has 1 unspecified atom stereocenters. The van der Waals surface area contributed by atoms with E-state index in [1.807, 2.05) is 32.8 Å². The second-order valence-electron chi connectivity index (χ2n) is 7.06. The van der Waals surface area contributed by atoms with Crippen molar-refractivity contribution >= 4 is 41.5 Å². The number of anilines is 1. The fraction of sp³-hybridized carbons (Fsp3) is 0.579. The number of likely N-dealkylation sites (tertiary alicyclic amines) is 1. The zero-order chi connectivity index (χ0) is 18.4. The maximum absolute atomic E-state index is 12.1. The lowest BCUT2D eigenvalue weighted by atomic mass is 10.2. The first-order chi connectivity index (χ1) is 11.9. The summed E-state index contributed by atoms with van der Waals surface area (Å²) in [5.74, 6) is 1.06. The summed E-state index contributed by atoms with van der Waals surface area (Å²) < 4.78 is 0. The predicted molar refractivity (Wildman–Crippen MR) is 119 cm³/mol. The van der Waals surface area contributed by atoms with E-state index < -0.39 is 0 Å². The Bertz CT molecular complexity index is 600. The molecule has 1 atom stereocenters. The molecule has 1 heterocycles. The number of hydrogen-bond acceptors (Lipinski definition) is 3. The molecule has 1 amide bonds. The third kappa shape index (κ3) is 6.34. The van der Waals surface area contributed by atoms with Crippen molar-refractivity contribution in [2.24, 2.45) is 10.9 Å². The fourth-order valence-electron chi connectivity index (χ4n) is 2.93. The van der Waals surface area contributed by atoms with Crippen LogP contribution in [0, 0.1) is 5.92 Å². The molecule has 146 valence electrons. The monoisotopic (exact) mass is 473 g/mol. The third-order valence-electron chi connectivity index (χ3n) is 4.47. The lowest BCUT2D eigenvalue weighted by molar-refractivity contribution is -0.133. The largest absolute Gasteiger partial charge is 0.378 e. The van der Waals surface area contributed by atoms with Crippen LogP contribution < -0.4 is 15.5 Å². The van der Waals surface area contributed by atoms with E-state index in [-0.39, 0.29) is 41.8 Å². The summed E-state index contributed by atoms with van der Waals surface area (Å²) in [5, 5.41) is 6.78. The summed E-state index contributed by atoms with van der Waals surface area (Å²) in [6.07, 6.45) is 0.955. The second-order valence-corrected chi connectivity index (χ2v) is 7.06. The van der Waals surface area contributed by atoms with Crippen LogP contribution in [0.3, 0.4) is 0 Å². The number of halogens is 1. The van der Waals surface area contributed by atoms with Crippen molar-refractivity contribution in [1.29, 1.82) is 0 Å². The molecule has 1 aromatic carbocycles. The molecule has 0 bridgehead atoms. The molecular weight excluding hydrogens is 441 g/mol. The molecule has 2 rings (SSSR count). The molecule has 6 nitrogen and oxygen atoms in total. The van der Waals surface area contributed by atoms with Gasteiger partial charge in [-0.2, -0.15) is 0 Å². The normalized spacial score (nSPS) is 17.1. The van der Waals surface area contributed by atoms with E-state index >= 15 is 0 Å². The van der Waals surface area contributed by atoms with Gasteiger partial charge in [0.15, 0.2) is 5.96 Å². The van der Waals surface area contributed by atoms with Gasteiger partial charge in [-0.05, 0) is 24.1 Å². The molecule has 0 aromatic heterocycles. The second kappa shape index (κ2) is 10.6. The average Bonchev–Trinajstić information content (AvgIpc) is 3.06. The van der Waals surface area contributed by atoms with Gasteiger partial charge in [0.2, 0.25) is 5.91 Å². The molecule has 1 aliphatic rings. The number of rotatable bonds is 5. The number of carbonyl (C=O) groups excluding carboxylic acids is 1. The first kappa shape index (κ1) is 22.5. The Kier molecular flexibility index (Phi) is 9.18. The van der Waals surface area contributed by atoms with Gasteiger partial charge in [-0.1, -0.05) is 26.0 Å². The topological polar surface area (TPSA) is 60.0 Å². The maximum atomic E-state index is 12.1. The van der Waals surface area contributed by atoms with Gasteiger partial charge in [0.05, 0.1) is 0 Å². The molecule has 2 N–H and O–H groups in total. The van der Waals surface area contributed by atoms with Crippen LogP contribution in [0.25, 0.3) is 0 Å². The number of nitrogens with one attached hydrogen (secondary N) is 2. The zero-order valence-corrected chi connectivity index (χ0v) is 18.8. The third-order valence-corrected chi connectivity index (χ3v) is 4.47. The molecule has 0 spiro atoms. The molecule has 1 aliphatic heterocycles. The summed E-state index contributed by atoms with van der Waals surface area (Å²) >= 11 is 0. The Morgan fingerprint density at radius 1 is 1.31 bits per heavy atom. The molecular formula is C19H32IN5O. The highest BCUT2D eigenvalue weighted by Crippen LogP contribution is 2.13. The highest BCUT2D eigenvalue weighted by atomic mass is 127. The van der Waals surface area contributed by atoms with Gasteiger partial charge < -0.3 is 20.4 Å². The first-order valence-corrected chi connectivity index (χ1v) is 8.93. The number of amides is 1. The minimum Gasteiger partial charge on any atom is -0.378 e. The number of carbonyl (C=O) groups is 1. The van der Waals surface area contributed by atoms with Crippen LogP contribution in [0.15, 0.2) is 29.3 Å². The van der Waals surface area contributed by atoms with Gasteiger partial charge in [-0.25, -0.2) is 0 Å². The van der Waals surface area contributed by atoms with Crippen LogP contribution in [0.2, 0.25) is 0 Å². The van der Waals surface area contributed by atoms with Crippen molar-refractivity contribution in [2.75, 3.05) is 39.1 Å². The number of hydrogen-bond donors (Lipinski definition) is 2. The SMILES string of the molecule is CN=C(NCc1ccc(N(C)C)cc1)NC1CCN(C(=O)C(C)C)C1.I. The quantitative estimate of drug-likeness (QED) is 0.392. The standard InChI is InChI=1S/C19H31N5O.HI/c1-14(2)18(25)24-11-10-16(13-24)22-19(20-3)21-12-15-6-8-17(9-7-15)23(4)5;/h6-9,14,16H,10-13H2,1-5H3,(H2,20,21,22);1H. The van der Waals surface area contributed by atoms with E-state index in [4.69, 9.17) is 0 Å². The van der Waals surface area contributed by atoms with E-state index in [1.54, 1.807) is 7.05 Å². The first-order valence-electron chi connectivity index (χ1n) is 8.93. The lowest BCUT2D eigenvalue weighted by Crippen LogP contribution is -2.45. The van der Waals surface area contributed by atoms with Gasteiger partial charge in [0, 0.05) is 58.4 Å². The van der Waals surface area contributed by atoms with Crippen molar-refractivity contribution in [3.63, 3.8) is 0 Å². The highest BCUT2D eigenvalue weighted by Gasteiger charge is 2.27. The summed E-state index contributed by atoms with van der Waals surface area (Å²) in [6, 6.07) is 8.71. The predicted octanol–water partition coefficient (Wildman–Crippen LogP) is 2.29. The van der Waals surface area contributed by atoms with Gasteiger partial charge in [-0.15, -0.1) is 24.0 Å². The Morgan fingerprint density at radius 3 is 2.50 bits per heavy atom. The van der Waals surface area contributed by atoms with Crippen LogP contribution in [0.5, 0.6) is 0 Å². The van der Waals surface area contributed by atoms with Crippen molar-refractivity contribution in [2.45, 2.75) is 32.9 Å². The molecule has 1 fully saturated rings. The maximum Gasteiger partial charge on any atom is 0.225 e. The van der Waals surface area contributed by atoms with Gasteiger partial charge in [-0.3, -0.25) is 9.79 Å². The molecule has 0 radical (unpaired) electrons. The summed E-state index contributed by atoms with van der Waals surface area (Å²) in [5.41, 5.74) is 2.39. The van der Waals surface area contributed by atoms with Crippen LogP contribution in [0.4, 0.5) is 5.69 Å². The zero-order valence-electron chi connectivity index (χ0n) is 16.5. The number of nitrogens with zero attached hydrogens (tertiary/aromatic N) is 3. The average molecular weight is 473 g/mol. The van der Waals surface area contributed by atoms with Crippen molar-refractivity contribution in [3.8, 4) is 0 Å². The van der Waals surface area contributed by atoms with Gasteiger partial charge in [0.25, 0.3) is 0 Å². The Morgan fingerprint density at radius 2 is 1.96 bits per heavy atom. The summed E-state index contributed by atoms with van der Waals surface area (Å²) in [4.78, 5) is 20.4. The molecule has 1 saturated heterocycles. The van der Waals surface area contributed by atoms with Gasteiger partial charge in [0.1, 0.15) is 0 Å². The summed E-state index contributed by atoms with van der Waals surface area (Å²) in [7, 11) is 5.85. The molecule has 0 aliphatic carbocycles. The van der Waals surface area contributed by atoms with Crippen LogP contribution in [-0.4, -0.2) is 57.0 Å². The minimum absolute atomic E-state index is 0. The van der Waals surface area contributed by atoms with Crippen molar-refractivity contribution < 1.29 is 4.79 Å². The van der Waals surface area contributed by atoms with E-state index in [0.29, 0.717) is 0 Å². The Hall–Kier alpha value is -1.51. The molecule has 26 heavy (non-hydrogen) atoms. The van der Waals surface area contributed by atoms with Crippen molar-refractivity contribution in [3.05, 3.63) is 29.8 Å². The Labute approximate surface area is 174 Å². The van der Waals surface area contributed by atoms with Gasteiger partial charge >= 0.3 is 0 Å². The van der Waals surface area contributed by atoms with E-state index in [1.165, 1.54) is 11.3 Å². The summed E-state index contributed by atoms with van der Waals surface area (Å²) in [6.45, 7) is 6.18. The highest BCUT2D eigenvalue weighted by molar-refractivity contribution is 14.0. The Balaban J connectivity index is 0.00000338. The van der Waals surface area contributed by atoms with Crippen LogP contribution >= 0.6 is 24.0 Å². The number of guanidine groups is 1. The molecule has 7 heteroatoms. The van der Waals surface area contributed by atoms with Crippen molar-refractivity contribution in [1.82, 2.24) is 15.5 Å². The number of aliphatic imine (C=N–C) groups is 1. The van der Waals surface area contributed by atoms with E-state index in [0.717, 1.165) is 32.0 Å². The number of benzene rings is 1. The van der Waals surface area contributed by atoms with E-state index in [9.17, 15) is 4.79 Å². The molecule has 0 saturated carbocycles. The smallest absolute Gasteiger partial charge is 0.225 e. The van der Waals surface area contributed by atoms with E-state index in [2.05, 4.69) is 44.8 Å². The van der Waals surface area contributed by atoms with Crippen LogP contribution in [-0.2, 0) is 11.3 Å². The fourth-order valence-corrected chi connectivity index (χ4v) is 2.93. The lowest BCUT2D eigenvalue weighted by Gasteiger charge is -2.20.